The summed E-state index contributed by atoms with van der Waals surface area (Å²) in [4.78, 5) is 26.5. The number of amides is 2. The molecule has 0 unspecified atom stereocenters. The maximum absolute atomic E-state index is 12.8. The fourth-order valence-electron chi connectivity index (χ4n) is 4.10. The molecule has 1 atom stereocenters. The second kappa shape index (κ2) is 9.18. The van der Waals surface area contributed by atoms with E-state index < -0.39 is 5.60 Å². The number of hydrogen-bond acceptors (Lipinski definition) is 4. The Morgan fingerprint density at radius 1 is 1.23 bits per heavy atom. The second-order valence-corrected chi connectivity index (χ2v) is 9.12. The zero-order chi connectivity index (χ0) is 19.2. The molecule has 0 aromatic heterocycles. The number of piperidine rings is 1. The summed E-state index contributed by atoms with van der Waals surface area (Å²) in [6.45, 7) is 7.49. The molecule has 2 rings (SSSR count). The summed E-state index contributed by atoms with van der Waals surface area (Å²) < 4.78 is 0. The van der Waals surface area contributed by atoms with Crippen LogP contribution in [0.2, 0.25) is 0 Å². The fourth-order valence-corrected chi connectivity index (χ4v) is 4.10. The molecule has 0 spiro atoms. The van der Waals surface area contributed by atoms with Gasteiger partial charge >= 0.3 is 0 Å². The summed E-state index contributed by atoms with van der Waals surface area (Å²) >= 11 is 0. The van der Waals surface area contributed by atoms with Gasteiger partial charge in [0.2, 0.25) is 5.91 Å². The largest absolute Gasteiger partial charge is 0.379 e. The van der Waals surface area contributed by atoms with E-state index in [1.165, 1.54) is 32.1 Å². The summed E-state index contributed by atoms with van der Waals surface area (Å²) in [6, 6.07) is 0. The molecule has 26 heavy (non-hydrogen) atoms. The Balaban J connectivity index is 1.77. The van der Waals surface area contributed by atoms with Crippen molar-refractivity contribution in [2.24, 2.45) is 5.92 Å². The lowest BCUT2D eigenvalue weighted by atomic mass is 9.86. The average molecular weight is 368 g/mol. The standard InChI is InChI=1S/C20H37N3O3/c1-19(2,3)22-17(24)14-21-15-20(26)11-7-12-23(18(20)25)13-10-16-8-5-4-6-9-16/h16,21,26H,4-15H2,1-3H3,(H,22,24)/t20-/m0/s1. The van der Waals surface area contributed by atoms with Crippen LogP contribution in [0.4, 0.5) is 0 Å². The van der Waals surface area contributed by atoms with E-state index in [1.54, 1.807) is 0 Å². The molecule has 2 fully saturated rings. The first kappa shape index (κ1) is 21.2. The number of aliphatic hydroxyl groups is 1. The van der Waals surface area contributed by atoms with Gasteiger partial charge in [-0.1, -0.05) is 32.1 Å². The first-order valence-corrected chi connectivity index (χ1v) is 10.2. The predicted molar refractivity (Wildman–Crippen MR) is 103 cm³/mol. The quantitative estimate of drug-likeness (QED) is 0.641. The Hall–Kier alpha value is -1.14. The van der Waals surface area contributed by atoms with Gasteiger partial charge in [0.1, 0.15) is 0 Å². The summed E-state index contributed by atoms with van der Waals surface area (Å²) in [5, 5.41) is 16.6. The molecule has 2 amide bonds. The summed E-state index contributed by atoms with van der Waals surface area (Å²) in [7, 11) is 0. The van der Waals surface area contributed by atoms with Gasteiger partial charge in [-0.3, -0.25) is 9.59 Å². The van der Waals surface area contributed by atoms with E-state index in [-0.39, 0.29) is 30.4 Å². The molecule has 0 bridgehead atoms. The van der Waals surface area contributed by atoms with E-state index in [9.17, 15) is 14.7 Å². The number of rotatable bonds is 7. The van der Waals surface area contributed by atoms with Crippen LogP contribution in [0.5, 0.6) is 0 Å². The van der Waals surface area contributed by atoms with Crippen molar-refractivity contribution in [2.75, 3.05) is 26.2 Å². The molecule has 1 saturated heterocycles. The normalized spacial score (nSPS) is 25.4. The Morgan fingerprint density at radius 2 is 1.92 bits per heavy atom. The molecule has 2 aliphatic rings. The molecule has 3 N–H and O–H groups in total. The molecule has 1 saturated carbocycles. The number of nitrogens with zero attached hydrogens (tertiary/aromatic N) is 1. The zero-order valence-electron chi connectivity index (χ0n) is 16.8. The molecule has 6 heteroatoms. The SMILES string of the molecule is CC(C)(C)NC(=O)CNC[C@@]1(O)CCCN(CCC2CCCCC2)C1=O. The van der Waals surface area contributed by atoms with Crippen molar-refractivity contribution in [3.05, 3.63) is 0 Å². The molecule has 0 radical (unpaired) electrons. The van der Waals surface area contributed by atoms with Crippen LogP contribution in [-0.4, -0.2) is 59.1 Å². The van der Waals surface area contributed by atoms with Crippen LogP contribution in [0.25, 0.3) is 0 Å². The van der Waals surface area contributed by atoms with Crippen LogP contribution < -0.4 is 10.6 Å². The monoisotopic (exact) mass is 367 g/mol. The van der Waals surface area contributed by atoms with Crippen molar-refractivity contribution < 1.29 is 14.7 Å². The third kappa shape index (κ3) is 6.54. The lowest BCUT2D eigenvalue weighted by Gasteiger charge is -2.39. The maximum Gasteiger partial charge on any atom is 0.255 e. The van der Waals surface area contributed by atoms with E-state index in [1.807, 2.05) is 25.7 Å². The van der Waals surface area contributed by atoms with Crippen LogP contribution in [0.1, 0.15) is 72.1 Å². The van der Waals surface area contributed by atoms with Gasteiger partial charge < -0.3 is 20.6 Å². The Kier molecular flexibility index (Phi) is 7.47. The second-order valence-electron chi connectivity index (χ2n) is 9.12. The van der Waals surface area contributed by atoms with Crippen molar-refractivity contribution in [2.45, 2.75) is 83.3 Å². The third-order valence-electron chi connectivity index (χ3n) is 5.45. The van der Waals surface area contributed by atoms with Gasteiger partial charge in [0.15, 0.2) is 5.60 Å². The molecule has 1 aliphatic carbocycles. The number of nitrogens with one attached hydrogen (secondary N) is 2. The van der Waals surface area contributed by atoms with Crippen molar-refractivity contribution in [1.29, 1.82) is 0 Å². The zero-order valence-corrected chi connectivity index (χ0v) is 16.8. The fraction of sp³-hybridized carbons (Fsp3) is 0.900. The van der Waals surface area contributed by atoms with Gasteiger partial charge in [-0.25, -0.2) is 0 Å². The van der Waals surface area contributed by atoms with Crippen LogP contribution in [-0.2, 0) is 9.59 Å². The van der Waals surface area contributed by atoms with Crippen LogP contribution >= 0.6 is 0 Å². The number of hydrogen-bond donors (Lipinski definition) is 3. The summed E-state index contributed by atoms with van der Waals surface area (Å²) in [6.07, 6.45) is 8.82. The van der Waals surface area contributed by atoms with Crippen LogP contribution in [0.3, 0.4) is 0 Å². The molecular weight excluding hydrogens is 330 g/mol. The molecule has 1 heterocycles. The van der Waals surface area contributed by atoms with E-state index in [4.69, 9.17) is 0 Å². The highest BCUT2D eigenvalue weighted by Gasteiger charge is 2.41. The molecule has 1 aliphatic heterocycles. The van der Waals surface area contributed by atoms with Gasteiger partial charge in [-0.15, -0.1) is 0 Å². The number of carbonyl (C=O) groups is 2. The topological polar surface area (TPSA) is 81.7 Å². The van der Waals surface area contributed by atoms with Gasteiger partial charge in [-0.05, 0) is 46.0 Å². The smallest absolute Gasteiger partial charge is 0.255 e. The van der Waals surface area contributed by atoms with Gasteiger partial charge in [0.05, 0.1) is 6.54 Å². The van der Waals surface area contributed by atoms with E-state index in [2.05, 4.69) is 10.6 Å². The summed E-state index contributed by atoms with van der Waals surface area (Å²) in [5.74, 6) is 0.424. The molecule has 0 aromatic carbocycles. The summed E-state index contributed by atoms with van der Waals surface area (Å²) in [5.41, 5.74) is -1.67. The number of carbonyl (C=O) groups excluding carboxylic acids is 2. The van der Waals surface area contributed by atoms with Gasteiger partial charge in [-0.2, -0.15) is 0 Å². The minimum Gasteiger partial charge on any atom is -0.379 e. The highest BCUT2D eigenvalue weighted by molar-refractivity contribution is 5.86. The van der Waals surface area contributed by atoms with Crippen LogP contribution in [0.15, 0.2) is 0 Å². The lowest BCUT2D eigenvalue weighted by molar-refractivity contribution is -0.157. The van der Waals surface area contributed by atoms with E-state index >= 15 is 0 Å². The first-order valence-electron chi connectivity index (χ1n) is 10.2. The highest BCUT2D eigenvalue weighted by atomic mass is 16.3. The Bertz CT molecular complexity index is 483. The molecule has 0 aromatic rings. The minimum atomic E-state index is -1.38. The number of likely N-dealkylation sites (tertiary alicyclic amines) is 1. The lowest BCUT2D eigenvalue weighted by Crippen LogP contribution is -2.59. The average Bonchev–Trinajstić information content (AvgIpc) is 2.56. The van der Waals surface area contributed by atoms with Crippen molar-refractivity contribution >= 4 is 11.8 Å². The first-order chi connectivity index (χ1) is 12.2. The Labute approximate surface area is 158 Å². The van der Waals surface area contributed by atoms with E-state index in [0.717, 1.165) is 31.8 Å². The molecule has 150 valence electrons. The maximum atomic E-state index is 12.8. The van der Waals surface area contributed by atoms with E-state index in [0.29, 0.717) is 6.42 Å². The Morgan fingerprint density at radius 3 is 2.58 bits per heavy atom. The predicted octanol–water partition coefficient (Wildman–Crippen LogP) is 1.81. The minimum absolute atomic E-state index is 0.106. The van der Waals surface area contributed by atoms with Crippen molar-refractivity contribution in [1.82, 2.24) is 15.5 Å². The molecular formula is C20H37N3O3. The van der Waals surface area contributed by atoms with Gasteiger partial charge in [0.25, 0.3) is 5.91 Å². The third-order valence-corrected chi connectivity index (χ3v) is 5.45. The van der Waals surface area contributed by atoms with Crippen LogP contribution in [0, 0.1) is 5.92 Å². The van der Waals surface area contributed by atoms with Crippen molar-refractivity contribution in [3.63, 3.8) is 0 Å². The highest BCUT2D eigenvalue weighted by Crippen LogP contribution is 2.28. The van der Waals surface area contributed by atoms with Crippen molar-refractivity contribution in [3.8, 4) is 0 Å². The van der Waals surface area contributed by atoms with Gasteiger partial charge in [0, 0.05) is 25.2 Å². The molecule has 6 nitrogen and oxygen atoms in total.